The van der Waals surface area contributed by atoms with Crippen molar-refractivity contribution in [2.24, 2.45) is 0 Å². The van der Waals surface area contributed by atoms with Gasteiger partial charge in [0, 0.05) is 5.30 Å². The van der Waals surface area contributed by atoms with Crippen molar-refractivity contribution in [3.05, 3.63) is 64.7 Å². The van der Waals surface area contributed by atoms with Crippen molar-refractivity contribution >= 4 is 19.3 Å². The summed E-state index contributed by atoms with van der Waals surface area (Å²) in [4.78, 5) is 0. The van der Waals surface area contributed by atoms with Gasteiger partial charge in [0.15, 0.2) is 0 Å². The Hall–Kier alpha value is -1.39. The van der Waals surface area contributed by atoms with Gasteiger partial charge in [0.1, 0.15) is 0 Å². The molecule has 0 aromatic heterocycles. The molecule has 0 heterocycles. The summed E-state index contributed by atoms with van der Waals surface area (Å²) in [7, 11) is 1.26. The first kappa shape index (κ1) is 12.1. The van der Waals surface area contributed by atoms with E-state index in [9.17, 15) is 0 Å². The predicted octanol–water partition coefficient (Wildman–Crippen LogP) is 4.03. The monoisotopic (exact) mass is 240 g/mol. The molecular weight excluding hydrogens is 223 g/mol. The largest absolute Gasteiger partial charge is 0.0678 e. The molecule has 0 aliphatic heterocycles. The molecule has 0 fully saturated rings. The van der Waals surface area contributed by atoms with Crippen LogP contribution >= 0.6 is 8.20 Å². The number of benzene rings is 2. The molecule has 2 aromatic rings. The first-order valence-electron chi connectivity index (χ1n) is 5.84. The lowest BCUT2D eigenvalue weighted by Gasteiger charge is -2.06. The average molecular weight is 240 g/mol. The molecule has 0 saturated carbocycles. The summed E-state index contributed by atoms with van der Waals surface area (Å²) in [5, 5.41) is 1.34. The highest BCUT2D eigenvalue weighted by Gasteiger charge is 2.00. The van der Waals surface area contributed by atoms with E-state index >= 15 is 0 Å². The van der Waals surface area contributed by atoms with Crippen LogP contribution in [0, 0.1) is 20.8 Å². The molecule has 0 N–H and O–H groups in total. The molecule has 86 valence electrons. The summed E-state index contributed by atoms with van der Waals surface area (Å²) in [6.07, 6.45) is 0. The first-order chi connectivity index (χ1) is 8.16. The van der Waals surface area contributed by atoms with Crippen LogP contribution in [0.25, 0.3) is 0 Å². The summed E-state index contributed by atoms with van der Waals surface area (Å²) >= 11 is 0. The predicted molar refractivity (Wildman–Crippen MR) is 78.8 cm³/mol. The van der Waals surface area contributed by atoms with Gasteiger partial charge in [-0.25, -0.2) is 0 Å². The van der Waals surface area contributed by atoms with Crippen molar-refractivity contribution in [3.63, 3.8) is 0 Å². The maximum absolute atomic E-state index is 2.30. The van der Waals surface area contributed by atoms with E-state index in [4.69, 9.17) is 0 Å². The number of hydrogen-bond donors (Lipinski definition) is 0. The molecule has 1 heteroatoms. The standard InChI is InChI=1S/C16H17P/c1-12-9-13(2)16(14(3)10-12)11-17-15-7-5-4-6-8-15/h4-11H,1-3H3. The molecule has 17 heavy (non-hydrogen) atoms. The van der Waals surface area contributed by atoms with Crippen LogP contribution in [0.4, 0.5) is 0 Å². The molecule has 0 amide bonds. The van der Waals surface area contributed by atoms with E-state index in [2.05, 4.69) is 69.0 Å². The molecule has 2 aromatic carbocycles. The van der Waals surface area contributed by atoms with E-state index < -0.39 is 0 Å². The average Bonchev–Trinajstić information content (AvgIpc) is 2.29. The van der Waals surface area contributed by atoms with Crippen LogP contribution in [0.1, 0.15) is 22.3 Å². The number of aryl methyl sites for hydroxylation is 3. The zero-order chi connectivity index (χ0) is 12.3. The highest BCUT2D eigenvalue weighted by molar-refractivity contribution is 7.47. The van der Waals surface area contributed by atoms with E-state index in [-0.39, 0.29) is 0 Å². The van der Waals surface area contributed by atoms with Crippen LogP contribution in [0.5, 0.6) is 0 Å². The second kappa shape index (κ2) is 5.29. The van der Waals surface area contributed by atoms with Crippen LogP contribution in [-0.2, 0) is 0 Å². The van der Waals surface area contributed by atoms with Crippen LogP contribution in [-0.4, -0.2) is 5.80 Å². The summed E-state index contributed by atoms with van der Waals surface area (Å²) in [5.74, 6) is 2.30. The van der Waals surface area contributed by atoms with Crippen molar-refractivity contribution < 1.29 is 0 Å². The fourth-order valence-corrected chi connectivity index (χ4v) is 3.08. The molecule has 0 aliphatic rings. The smallest absolute Gasteiger partial charge is 0.00179 e. The van der Waals surface area contributed by atoms with Crippen molar-refractivity contribution in [1.29, 1.82) is 0 Å². The van der Waals surface area contributed by atoms with Crippen LogP contribution < -0.4 is 5.30 Å². The Morgan fingerprint density at radius 2 is 1.47 bits per heavy atom. The number of rotatable bonds is 2. The Bertz CT molecular complexity index is 516. The third-order valence-corrected chi connectivity index (χ3v) is 3.82. The lowest BCUT2D eigenvalue weighted by molar-refractivity contribution is 1.31. The Labute approximate surface area is 105 Å². The zero-order valence-electron chi connectivity index (χ0n) is 10.6. The van der Waals surface area contributed by atoms with Crippen LogP contribution in [0.3, 0.4) is 0 Å². The van der Waals surface area contributed by atoms with Crippen LogP contribution in [0.2, 0.25) is 0 Å². The first-order valence-corrected chi connectivity index (χ1v) is 6.80. The minimum absolute atomic E-state index is 1.26. The SMILES string of the molecule is Cc1cc(C)c(C=Pc2ccccc2)c(C)c1. The Morgan fingerprint density at radius 1 is 0.882 bits per heavy atom. The van der Waals surface area contributed by atoms with Gasteiger partial charge in [-0.2, -0.15) is 0 Å². The van der Waals surface area contributed by atoms with E-state index in [0.717, 1.165) is 0 Å². The molecule has 0 spiro atoms. The lowest BCUT2D eigenvalue weighted by Crippen LogP contribution is -1.94. The van der Waals surface area contributed by atoms with E-state index in [0.29, 0.717) is 0 Å². The van der Waals surface area contributed by atoms with Gasteiger partial charge < -0.3 is 0 Å². The van der Waals surface area contributed by atoms with Gasteiger partial charge in [-0.15, -0.1) is 0 Å². The summed E-state index contributed by atoms with van der Waals surface area (Å²) in [6, 6.07) is 15.1. The molecule has 0 atom stereocenters. The molecule has 0 unspecified atom stereocenters. The molecule has 2 rings (SSSR count). The fraction of sp³-hybridized carbons (Fsp3) is 0.188. The van der Waals surface area contributed by atoms with Gasteiger partial charge >= 0.3 is 0 Å². The Balaban J connectivity index is 2.34. The van der Waals surface area contributed by atoms with E-state index in [1.54, 1.807) is 0 Å². The molecule has 0 saturated heterocycles. The van der Waals surface area contributed by atoms with Crippen molar-refractivity contribution in [1.82, 2.24) is 0 Å². The second-order valence-electron chi connectivity index (χ2n) is 4.41. The maximum atomic E-state index is 2.30. The zero-order valence-corrected chi connectivity index (χ0v) is 11.5. The molecular formula is C16H17P. The third-order valence-electron chi connectivity index (χ3n) is 2.84. The highest BCUT2D eigenvalue weighted by atomic mass is 31.1. The van der Waals surface area contributed by atoms with Gasteiger partial charge in [0.05, 0.1) is 0 Å². The fourth-order valence-electron chi connectivity index (χ4n) is 2.05. The van der Waals surface area contributed by atoms with Gasteiger partial charge in [-0.1, -0.05) is 56.2 Å². The molecule has 0 radical (unpaired) electrons. The summed E-state index contributed by atoms with van der Waals surface area (Å²) in [5.41, 5.74) is 5.45. The van der Waals surface area contributed by atoms with Crippen molar-refractivity contribution in [2.45, 2.75) is 20.8 Å². The van der Waals surface area contributed by atoms with Crippen LogP contribution in [0.15, 0.2) is 42.5 Å². The highest BCUT2D eigenvalue weighted by Crippen LogP contribution is 2.16. The van der Waals surface area contributed by atoms with Gasteiger partial charge in [-0.05, 0) is 43.3 Å². The Morgan fingerprint density at radius 3 is 2.06 bits per heavy atom. The van der Waals surface area contributed by atoms with Crippen molar-refractivity contribution in [2.75, 3.05) is 0 Å². The molecule has 0 nitrogen and oxygen atoms in total. The Kier molecular flexibility index (Phi) is 3.76. The second-order valence-corrected chi connectivity index (χ2v) is 5.44. The quantitative estimate of drug-likeness (QED) is 0.695. The van der Waals surface area contributed by atoms with Crippen molar-refractivity contribution in [3.8, 4) is 0 Å². The topological polar surface area (TPSA) is 0 Å². The van der Waals surface area contributed by atoms with Gasteiger partial charge in [-0.3, -0.25) is 0 Å². The van der Waals surface area contributed by atoms with Gasteiger partial charge in [0.25, 0.3) is 0 Å². The third kappa shape index (κ3) is 3.05. The van der Waals surface area contributed by atoms with E-state index in [1.807, 2.05) is 0 Å². The maximum Gasteiger partial charge on any atom is 0.00179 e. The number of hydrogen-bond acceptors (Lipinski definition) is 0. The molecule has 0 aliphatic carbocycles. The summed E-state index contributed by atoms with van der Waals surface area (Å²) < 4.78 is 0. The van der Waals surface area contributed by atoms with E-state index in [1.165, 1.54) is 35.8 Å². The summed E-state index contributed by atoms with van der Waals surface area (Å²) in [6.45, 7) is 6.53. The lowest BCUT2D eigenvalue weighted by atomic mass is 10.0. The normalized spacial score (nSPS) is 11.0. The minimum atomic E-state index is 1.26. The minimum Gasteiger partial charge on any atom is -0.0678 e. The van der Waals surface area contributed by atoms with Gasteiger partial charge in [0.2, 0.25) is 0 Å². The molecule has 0 bridgehead atoms.